The molecule has 2 bridgehead atoms. The lowest BCUT2D eigenvalue weighted by Gasteiger charge is -2.64. The lowest BCUT2D eigenvalue weighted by atomic mass is 9.41. The van der Waals surface area contributed by atoms with Crippen molar-refractivity contribution in [2.45, 2.75) is 71.6 Å². The Morgan fingerprint density at radius 3 is 2.64 bits per heavy atom. The van der Waals surface area contributed by atoms with Gasteiger partial charge in [0.15, 0.2) is 0 Å². The van der Waals surface area contributed by atoms with Crippen LogP contribution in [0.2, 0.25) is 0 Å². The topological polar surface area (TPSA) is 40.1 Å². The number of carboxylic acids is 1. The number of rotatable bonds is 1. The van der Waals surface area contributed by atoms with Crippen molar-refractivity contribution in [1.29, 1.82) is 0 Å². The molecular formula is C20H29O2-. The van der Waals surface area contributed by atoms with Gasteiger partial charge in [-0.05, 0) is 80.0 Å². The highest BCUT2D eigenvalue weighted by Gasteiger charge is 2.63. The van der Waals surface area contributed by atoms with Crippen LogP contribution >= 0.6 is 0 Å². The lowest BCUT2D eigenvalue weighted by Crippen LogP contribution is -2.60. The Morgan fingerprint density at radius 2 is 1.91 bits per heavy atom. The van der Waals surface area contributed by atoms with E-state index in [1.54, 1.807) is 0 Å². The number of hydrogen-bond donors (Lipinski definition) is 0. The highest BCUT2D eigenvalue weighted by Crippen LogP contribution is 2.72. The van der Waals surface area contributed by atoms with E-state index in [1.807, 2.05) is 6.92 Å². The van der Waals surface area contributed by atoms with Crippen molar-refractivity contribution in [2.24, 2.45) is 34.0 Å². The molecule has 4 aliphatic rings. The Balaban J connectivity index is 1.75. The molecule has 0 radical (unpaired) electrons. The number of carboxylic acid groups (broad SMARTS) is 1. The van der Waals surface area contributed by atoms with Crippen molar-refractivity contribution < 1.29 is 9.90 Å². The zero-order chi connectivity index (χ0) is 15.8. The summed E-state index contributed by atoms with van der Waals surface area (Å²) in [5, 5.41) is 11.9. The number of carbonyl (C=O) groups excluding carboxylic acids is 1. The predicted molar refractivity (Wildman–Crippen MR) is 84.8 cm³/mol. The molecule has 2 nitrogen and oxygen atoms in total. The highest BCUT2D eigenvalue weighted by molar-refractivity contribution is 5.72. The summed E-state index contributed by atoms with van der Waals surface area (Å²) >= 11 is 0. The molecule has 0 aromatic heterocycles. The van der Waals surface area contributed by atoms with E-state index in [0.717, 1.165) is 25.2 Å². The van der Waals surface area contributed by atoms with E-state index in [2.05, 4.69) is 13.5 Å². The summed E-state index contributed by atoms with van der Waals surface area (Å²) in [6, 6.07) is 0. The zero-order valence-electron chi connectivity index (χ0n) is 14.1. The largest absolute Gasteiger partial charge is 0.550 e. The minimum absolute atomic E-state index is 0.195. The Labute approximate surface area is 134 Å². The van der Waals surface area contributed by atoms with Gasteiger partial charge in [0.25, 0.3) is 0 Å². The van der Waals surface area contributed by atoms with E-state index >= 15 is 0 Å². The molecule has 6 unspecified atom stereocenters. The van der Waals surface area contributed by atoms with Crippen molar-refractivity contribution in [2.75, 3.05) is 0 Å². The molecule has 0 amide bonds. The third-order valence-corrected chi connectivity index (χ3v) is 8.52. The van der Waals surface area contributed by atoms with Gasteiger partial charge in [-0.25, -0.2) is 0 Å². The van der Waals surface area contributed by atoms with Crippen LogP contribution in [0.1, 0.15) is 71.6 Å². The molecular weight excluding hydrogens is 272 g/mol. The first-order valence-electron chi connectivity index (χ1n) is 9.21. The molecule has 0 aliphatic heterocycles. The average molecular weight is 301 g/mol. The molecule has 4 fully saturated rings. The SMILES string of the molecule is C=C1CC23CCC4C(C)(C(=O)[O-])CCCC4(C)C2CCC1C3. The van der Waals surface area contributed by atoms with Gasteiger partial charge in [-0.1, -0.05) is 32.4 Å². The standard InChI is InChI=1S/C20H30O2/c1-13-11-20-10-7-15-18(2,16(20)6-5-14(13)12-20)8-4-9-19(15,3)17(21)22/h14-16H,1,4-12H2,2-3H3,(H,21,22)/p-1. The van der Waals surface area contributed by atoms with E-state index in [-0.39, 0.29) is 5.41 Å². The van der Waals surface area contributed by atoms with Crippen LogP contribution in [0, 0.1) is 34.0 Å². The van der Waals surface area contributed by atoms with Crippen molar-refractivity contribution in [1.82, 2.24) is 0 Å². The van der Waals surface area contributed by atoms with Gasteiger partial charge >= 0.3 is 0 Å². The fraction of sp³-hybridized carbons (Fsp3) is 0.850. The van der Waals surface area contributed by atoms with Crippen LogP contribution in [0.4, 0.5) is 0 Å². The maximum Gasteiger partial charge on any atom is 0.0476 e. The molecule has 4 saturated carbocycles. The van der Waals surface area contributed by atoms with E-state index in [0.29, 0.717) is 17.3 Å². The smallest absolute Gasteiger partial charge is 0.0476 e. The van der Waals surface area contributed by atoms with Crippen molar-refractivity contribution in [3.8, 4) is 0 Å². The van der Waals surface area contributed by atoms with E-state index in [4.69, 9.17) is 0 Å². The molecule has 0 aromatic rings. The maximum atomic E-state index is 11.9. The van der Waals surface area contributed by atoms with Crippen LogP contribution in [0.3, 0.4) is 0 Å². The minimum atomic E-state index is -0.802. The monoisotopic (exact) mass is 301 g/mol. The normalized spacial score (nSPS) is 53.7. The summed E-state index contributed by atoms with van der Waals surface area (Å²) in [4.78, 5) is 11.9. The van der Waals surface area contributed by atoms with Crippen molar-refractivity contribution in [3.05, 3.63) is 12.2 Å². The van der Waals surface area contributed by atoms with Gasteiger partial charge in [-0.2, -0.15) is 0 Å². The molecule has 0 N–H and O–H groups in total. The number of hydrogen-bond acceptors (Lipinski definition) is 2. The molecule has 6 atom stereocenters. The number of fused-ring (bicyclic) bond motifs is 3. The Morgan fingerprint density at radius 1 is 1.14 bits per heavy atom. The van der Waals surface area contributed by atoms with Crippen LogP contribution in [-0.2, 0) is 4.79 Å². The van der Waals surface area contributed by atoms with Crippen molar-refractivity contribution in [3.63, 3.8) is 0 Å². The molecule has 0 saturated heterocycles. The van der Waals surface area contributed by atoms with E-state index in [9.17, 15) is 9.90 Å². The van der Waals surface area contributed by atoms with Crippen LogP contribution in [0.25, 0.3) is 0 Å². The summed E-state index contributed by atoms with van der Waals surface area (Å²) < 4.78 is 0. The zero-order valence-corrected chi connectivity index (χ0v) is 14.1. The van der Waals surface area contributed by atoms with Crippen molar-refractivity contribution >= 4 is 5.97 Å². The van der Waals surface area contributed by atoms with Crippen LogP contribution in [0.5, 0.6) is 0 Å². The summed E-state index contributed by atoms with van der Waals surface area (Å²) in [6.45, 7) is 8.76. The summed E-state index contributed by atoms with van der Waals surface area (Å²) in [7, 11) is 0. The molecule has 4 aliphatic carbocycles. The van der Waals surface area contributed by atoms with Gasteiger partial charge in [-0.3, -0.25) is 0 Å². The third-order valence-electron chi connectivity index (χ3n) is 8.52. The Bertz CT molecular complexity index is 538. The predicted octanol–water partition coefficient (Wildman–Crippen LogP) is 3.71. The molecule has 22 heavy (non-hydrogen) atoms. The number of aliphatic carboxylic acids is 1. The molecule has 122 valence electrons. The second-order valence-corrected chi connectivity index (χ2v) is 9.38. The quantitative estimate of drug-likeness (QED) is 0.693. The Kier molecular flexibility index (Phi) is 2.95. The second-order valence-electron chi connectivity index (χ2n) is 9.38. The average Bonchev–Trinajstić information content (AvgIpc) is 2.68. The fourth-order valence-corrected chi connectivity index (χ4v) is 7.60. The third kappa shape index (κ3) is 1.65. The fourth-order valence-electron chi connectivity index (χ4n) is 7.60. The molecule has 0 aromatic carbocycles. The van der Waals surface area contributed by atoms with Crippen LogP contribution < -0.4 is 5.11 Å². The molecule has 1 spiro atoms. The summed E-state index contributed by atoms with van der Waals surface area (Å²) in [6.07, 6.45) is 10.5. The Hall–Kier alpha value is -0.790. The van der Waals surface area contributed by atoms with Crippen LogP contribution in [0.15, 0.2) is 12.2 Å². The first kappa shape index (κ1) is 14.8. The first-order chi connectivity index (χ1) is 10.3. The molecule has 2 heteroatoms. The highest BCUT2D eigenvalue weighted by atomic mass is 16.4. The first-order valence-corrected chi connectivity index (χ1v) is 9.21. The molecule has 4 rings (SSSR count). The summed E-state index contributed by atoms with van der Waals surface area (Å²) in [5.74, 6) is 0.962. The number of carbonyl (C=O) groups is 1. The van der Waals surface area contributed by atoms with Gasteiger partial charge in [0.2, 0.25) is 0 Å². The van der Waals surface area contributed by atoms with Gasteiger partial charge < -0.3 is 9.90 Å². The van der Waals surface area contributed by atoms with Crippen LogP contribution in [-0.4, -0.2) is 5.97 Å². The van der Waals surface area contributed by atoms with E-state index < -0.39 is 11.4 Å². The van der Waals surface area contributed by atoms with Gasteiger partial charge in [0, 0.05) is 11.4 Å². The molecule has 0 heterocycles. The summed E-state index contributed by atoms with van der Waals surface area (Å²) in [5.41, 5.74) is 1.53. The van der Waals surface area contributed by atoms with Gasteiger partial charge in [0.1, 0.15) is 0 Å². The lowest BCUT2D eigenvalue weighted by molar-refractivity contribution is -0.328. The van der Waals surface area contributed by atoms with Gasteiger partial charge in [0.05, 0.1) is 0 Å². The minimum Gasteiger partial charge on any atom is -0.550 e. The second kappa shape index (κ2) is 4.39. The van der Waals surface area contributed by atoms with E-state index in [1.165, 1.54) is 44.1 Å². The maximum absolute atomic E-state index is 11.9. The number of allylic oxidation sites excluding steroid dienone is 1. The van der Waals surface area contributed by atoms with Gasteiger partial charge in [-0.15, -0.1) is 0 Å².